The van der Waals surface area contributed by atoms with E-state index in [9.17, 15) is 9.18 Å². The van der Waals surface area contributed by atoms with Gasteiger partial charge in [0.2, 0.25) is 0 Å². The molecule has 4 nitrogen and oxygen atoms in total. The van der Waals surface area contributed by atoms with Crippen LogP contribution in [0.25, 0.3) is 0 Å². The smallest absolute Gasteiger partial charge is 0.410 e. The molecular formula is C13H16FNO3. The first kappa shape index (κ1) is 12.8. The molecule has 5 heteroatoms. The fourth-order valence-electron chi connectivity index (χ4n) is 1.92. The highest BCUT2D eigenvalue weighted by Gasteiger charge is 2.36. The summed E-state index contributed by atoms with van der Waals surface area (Å²) in [6, 6.07) is 9.37. The fraction of sp³-hybridized carbons (Fsp3) is 0.462. The summed E-state index contributed by atoms with van der Waals surface area (Å²) in [5.41, 5.74) is 0.908. The summed E-state index contributed by atoms with van der Waals surface area (Å²) in [4.78, 5) is 13.0. The highest BCUT2D eigenvalue weighted by Crippen LogP contribution is 2.17. The Balaban J connectivity index is 1.82. The standard InChI is InChI=1S/C13H16FNO3/c1-17-12-8-15(7-11(12)14)13(16)18-9-10-5-3-2-4-6-10/h2-6,11-12H,7-9H2,1H3/t11?,12-/m1/s1. The summed E-state index contributed by atoms with van der Waals surface area (Å²) in [6.07, 6.45) is -2.19. The number of benzene rings is 1. The maximum atomic E-state index is 13.4. The van der Waals surface area contributed by atoms with Gasteiger partial charge in [-0.05, 0) is 5.56 Å². The number of likely N-dealkylation sites (tertiary alicyclic amines) is 1. The first-order chi connectivity index (χ1) is 8.70. The SMILES string of the molecule is CO[C@@H]1CN(C(=O)OCc2ccccc2)CC1F. The predicted octanol–water partition coefficient (Wildman–Crippen LogP) is 1.99. The van der Waals surface area contributed by atoms with Crippen LogP contribution >= 0.6 is 0 Å². The highest BCUT2D eigenvalue weighted by atomic mass is 19.1. The molecule has 0 spiro atoms. The van der Waals surface area contributed by atoms with E-state index in [0.29, 0.717) is 0 Å². The largest absolute Gasteiger partial charge is 0.445 e. The van der Waals surface area contributed by atoms with Gasteiger partial charge in [0.1, 0.15) is 18.9 Å². The van der Waals surface area contributed by atoms with Crippen LogP contribution < -0.4 is 0 Å². The van der Waals surface area contributed by atoms with Gasteiger partial charge in [-0.1, -0.05) is 30.3 Å². The molecule has 0 aromatic heterocycles. The summed E-state index contributed by atoms with van der Waals surface area (Å²) in [7, 11) is 1.44. The van der Waals surface area contributed by atoms with E-state index < -0.39 is 18.4 Å². The zero-order valence-electron chi connectivity index (χ0n) is 10.2. The number of hydrogen-bond donors (Lipinski definition) is 0. The number of rotatable bonds is 3. The van der Waals surface area contributed by atoms with Crippen LogP contribution in [0.3, 0.4) is 0 Å². The van der Waals surface area contributed by atoms with Crippen molar-refractivity contribution in [3.05, 3.63) is 35.9 Å². The summed E-state index contributed by atoms with van der Waals surface area (Å²) in [6.45, 7) is 0.474. The van der Waals surface area contributed by atoms with E-state index in [1.165, 1.54) is 12.0 Å². The maximum Gasteiger partial charge on any atom is 0.410 e. The van der Waals surface area contributed by atoms with E-state index in [-0.39, 0.29) is 19.7 Å². The van der Waals surface area contributed by atoms with Crippen molar-refractivity contribution in [3.63, 3.8) is 0 Å². The molecule has 0 N–H and O–H groups in total. The third kappa shape index (κ3) is 2.98. The molecule has 1 saturated heterocycles. The molecule has 1 unspecified atom stereocenters. The molecule has 1 fully saturated rings. The minimum Gasteiger partial charge on any atom is -0.445 e. The topological polar surface area (TPSA) is 38.8 Å². The minimum absolute atomic E-state index is 0.0339. The molecule has 1 aromatic rings. The zero-order chi connectivity index (χ0) is 13.0. The van der Waals surface area contributed by atoms with E-state index in [0.717, 1.165) is 5.56 Å². The van der Waals surface area contributed by atoms with Gasteiger partial charge >= 0.3 is 6.09 Å². The van der Waals surface area contributed by atoms with Crippen LogP contribution in [0.15, 0.2) is 30.3 Å². The summed E-state index contributed by atoms with van der Waals surface area (Å²) in [5, 5.41) is 0. The van der Waals surface area contributed by atoms with Crippen molar-refractivity contribution in [3.8, 4) is 0 Å². The van der Waals surface area contributed by atoms with Crippen molar-refractivity contribution in [2.75, 3.05) is 20.2 Å². The van der Waals surface area contributed by atoms with Crippen LogP contribution in [-0.2, 0) is 16.1 Å². The average molecular weight is 253 g/mol. The second kappa shape index (κ2) is 5.82. The molecule has 98 valence electrons. The van der Waals surface area contributed by atoms with Gasteiger partial charge in [0.25, 0.3) is 0 Å². The van der Waals surface area contributed by atoms with Gasteiger partial charge in [0, 0.05) is 7.11 Å². The van der Waals surface area contributed by atoms with Crippen molar-refractivity contribution in [2.45, 2.75) is 18.9 Å². The van der Waals surface area contributed by atoms with Crippen LogP contribution in [0.2, 0.25) is 0 Å². The molecular weight excluding hydrogens is 237 g/mol. The highest BCUT2D eigenvalue weighted by molar-refractivity contribution is 5.68. The molecule has 1 aliphatic heterocycles. The van der Waals surface area contributed by atoms with Crippen LogP contribution in [0, 0.1) is 0 Å². The Kier molecular flexibility index (Phi) is 4.15. The van der Waals surface area contributed by atoms with E-state index in [1.807, 2.05) is 30.3 Å². The quantitative estimate of drug-likeness (QED) is 0.827. The molecule has 0 bridgehead atoms. The normalized spacial score (nSPS) is 23.1. The Morgan fingerprint density at radius 1 is 1.39 bits per heavy atom. The minimum atomic E-state index is -1.14. The second-order valence-electron chi connectivity index (χ2n) is 4.24. The van der Waals surface area contributed by atoms with Crippen molar-refractivity contribution in [1.29, 1.82) is 0 Å². The number of ether oxygens (including phenoxy) is 2. The second-order valence-corrected chi connectivity index (χ2v) is 4.24. The van der Waals surface area contributed by atoms with Gasteiger partial charge in [-0.25, -0.2) is 9.18 Å². The Bertz CT molecular complexity index is 398. The molecule has 1 heterocycles. The molecule has 1 aromatic carbocycles. The van der Waals surface area contributed by atoms with Crippen molar-refractivity contribution >= 4 is 6.09 Å². The summed E-state index contributed by atoms with van der Waals surface area (Å²) >= 11 is 0. The van der Waals surface area contributed by atoms with E-state index in [4.69, 9.17) is 9.47 Å². The lowest BCUT2D eigenvalue weighted by atomic mass is 10.2. The summed E-state index contributed by atoms with van der Waals surface area (Å²) in [5.74, 6) is 0. The number of halogens is 1. The Morgan fingerprint density at radius 3 is 2.72 bits per heavy atom. The molecule has 2 atom stereocenters. The molecule has 0 radical (unpaired) electrons. The molecule has 18 heavy (non-hydrogen) atoms. The van der Waals surface area contributed by atoms with Gasteiger partial charge in [0.05, 0.1) is 13.1 Å². The van der Waals surface area contributed by atoms with Crippen molar-refractivity contribution in [2.24, 2.45) is 0 Å². The van der Waals surface area contributed by atoms with Gasteiger partial charge in [-0.3, -0.25) is 0 Å². The third-order valence-electron chi connectivity index (χ3n) is 2.96. The molecule has 2 rings (SSSR count). The van der Waals surface area contributed by atoms with Crippen molar-refractivity contribution in [1.82, 2.24) is 4.90 Å². The molecule has 0 saturated carbocycles. The fourth-order valence-corrected chi connectivity index (χ4v) is 1.92. The van der Waals surface area contributed by atoms with Crippen LogP contribution in [0.5, 0.6) is 0 Å². The monoisotopic (exact) mass is 253 g/mol. The first-order valence-corrected chi connectivity index (χ1v) is 5.83. The lowest BCUT2D eigenvalue weighted by Crippen LogP contribution is -2.30. The molecule has 1 amide bonds. The average Bonchev–Trinajstić information content (AvgIpc) is 2.78. The summed E-state index contributed by atoms with van der Waals surface area (Å²) < 4.78 is 23.4. The lowest BCUT2D eigenvalue weighted by Gasteiger charge is -2.15. The zero-order valence-corrected chi connectivity index (χ0v) is 10.2. The molecule has 1 aliphatic rings. The Morgan fingerprint density at radius 2 is 2.11 bits per heavy atom. The van der Waals surface area contributed by atoms with E-state index >= 15 is 0 Å². The Labute approximate surface area is 105 Å². The Hall–Kier alpha value is -1.62. The van der Waals surface area contributed by atoms with Crippen LogP contribution in [-0.4, -0.2) is 43.5 Å². The molecule has 0 aliphatic carbocycles. The number of alkyl halides is 1. The van der Waals surface area contributed by atoms with E-state index in [1.54, 1.807) is 0 Å². The maximum absolute atomic E-state index is 13.4. The number of amides is 1. The van der Waals surface area contributed by atoms with Crippen molar-refractivity contribution < 1.29 is 18.7 Å². The lowest BCUT2D eigenvalue weighted by molar-refractivity contribution is 0.0602. The van der Waals surface area contributed by atoms with Crippen LogP contribution in [0.1, 0.15) is 5.56 Å². The van der Waals surface area contributed by atoms with Gasteiger partial charge in [0.15, 0.2) is 0 Å². The number of methoxy groups -OCH3 is 1. The number of carbonyl (C=O) groups is 1. The van der Waals surface area contributed by atoms with Gasteiger partial charge in [-0.2, -0.15) is 0 Å². The third-order valence-corrected chi connectivity index (χ3v) is 2.96. The predicted molar refractivity (Wildman–Crippen MR) is 63.9 cm³/mol. The van der Waals surface area contributed by atoms with E-state index in [2.05, 4.69) is 0 Å². The van der Waals surface area contributed by atoms with Gasteiger partial charge < -0.3 is 14.4 Å². The van der Waals surface area contributed by atoms with Crippen LogP contribution in [0.4, 0.5) is 9.18 Å². The van der Waals surface area contributed by atoms with Gasteiger partial charge in [-0.15, -0.1) is 0 Å². The first-order valence-electron chi connectivity index (χ1n) is 5.83. The number of hydrogen-bond acceptors (Lipinski definition) is 3. The number of carbonyl (C=O) groups excluding carboxylic acids is 1. The number of nitrogens with zero attached hydrogens (tertiary/aromatic N) is 1.